The van der Waals surface area contributed by atoms with Gasteiger partial charge in [0.2, 0.25) is 11.8 Å². The number of nitrogens with zero attached hydrogens (tertiary/aromatic N) is 2. The second kappa shape index (κ2) is 22.2. The van der Waals surface area contributed by atoms with E-state index in [0.717, 1.165) is 37.7 Å². The summed E-state index contributed by atoms with van der Waals surface area (Å²) in [5, 5.41) is 31.8. The lowest BCUT2D eigenvalue weighted by atomic mass is 9.79. The van der Waals surface area contributed by atoms with Crippen molar-refractivity contribution in [2.45, 2.75) is 130 Å². The molecule has 1 saturated carbocycles. The fraction of sp³-hybridized carbons (Fsp3) is 0.750. The smallest absolute Gasteiger partial charge is 0.441 e. The van der Waals surface area contributed by atoms with Crippen molar-refractivity contribution in [3.8, 4) is 0 Å². The van der Waals surface area contributed by atoms with Crippen molar-refractivity contribution in [1.29, 1.82) is 0 Å². The molecule has 2 aliphatic rings. The van der Waals surface area contributed by atoms with Crippen molar-refractivity contribution in [1.82, 2.24) is 25.8 Å². The lowest BCUT2D eigenvalue weighted by Crippen LogP contribution is -2.58. The number of alkyl carbamates (subject to hydrolysis) is 1. The highest BCUT2D eigenvalue weighted by Gasteiger charge is 2.41. The van der Waals surface area contributed by atoms with Gasteiger partial charge >= 0.3 is 12.2 Å². The Bertz CT molecular complexity index is 1300. The number of aliphatic hydroxyl groups is 2. The van der Waals surface area contributed by atoms with Crippen molar-refractivity contribution in [3.63, 3.8) is 0 Å². The molecule has 0 aromatic heterocycles. The number of rotatable bonds is 18. The molecule has 4 amide bonds. The monoisotopic (exact) mass is 761 g/mol. The van der Waals surface area contributed by atoms with Crippen LogP contribution in [-0.4, -0.2) is 113 Å². The molecular formula is C40H67N5O9. The number of hydrogen-bond acceptors (Lipinski definition) is 10. The van der Waals surface area contributed by atoms with E-state index in [1.54, 1.807) is 39.5 Å². The van der Waals surface area contributed by atoms with E-state index in [4.69, 9.17) is 14.5 Å². The van der Waals surface area contributed by atoms with Crippen LogP contribution in [0.4, 0.5) is 9.59 Å². The van der Waals surface area contributed by atoms with Crippen LogP contribution in [0, 0.1) is 23.7 Å². The normalized spacial score (nSPS) is 19.2. The SMILES string of the molecule is CC[C@H](C)[C@H](NC(=O)[C@H](C(C)C)[C@@H](O)[C@H](O)[C@H](CC1CCCCC1)NC(=O)OC(C)(C)C)C(=O)NCCN1CCN(C(=O)OOCc2ccccc2)CC1. The molecule has 0 bridgehead atoms. The van der Waals surface area contributed by atoms with E-state index in [1.165, 1.54) is 0 Å². The van der Waals surface area contributed by atoms with Gasteiger partial charge in [0.25, 0.3) is 0 Å². The molecule has 1 saturated heterocycles. The summed E-state index contributed by atoms with van der Waals surface area (Å²) in [5.74, 6) is -2.28. The molecule has 1 aliphatic carbocycles. The average Bonchev–Trinajstić information content (AvgIpc) is 3.13. The fourth-order valence-corrected chi connectivity index (χ4v) is 7.15. The Kier molecular flexibility index (Phi) is 18.5. The third-order valence-corrected chi connectivity index (χ3v) is 10.5. The molecule has 2 fully saturated rings. The number of amides is 4. The van der Waals surface area contributed by atoms with E-state index < -0.39 is 59.8 Å². The van der Waals surface area contributed by atoms with Crippen molar-refractivity contribution < 1.29 is 43.9 Å². The topological polar surface area (TPSA) is 179 Å². The Morgan fingerprint density at radius 3 is 2.13 bits per heavy atom. The highest BCUT2D eigenvalue weighted by molar-refractivity contribution is 5.89. The van der Waals surface area contributed by atoms with Gasteiger partial charge in [0.05, 0.1) is 18.1 Å². The number of aliphatic hydroxyl groups excluding tert-OH is 2. The molecule has 5 N–H and O–H groups in total. The molecule has 1 aliphatic heterocycles. The number of ether oxygens (including phenoxy) is 1. The third-order valence-electron chi connectivity index (χ3n) is 10.5. The molecule has 1 aromatic rings. The molecule has 0 spiro atoms. The molecule has 0 unspecified atom stereocenters. The van der Waals surface area contributed by atoms with Gasteiger partial charge in [0.15, 0.2) is 0 Å². The summed E-state index contributed by atoms with van der Waals surface area (Å²) in [7, 11) is 0. The van der Waals surface area contributed by atoms with Crippen LogP contribution in [0.5, 0.6) is 0 Å². The van der Waals surface area contributed by atoms with Gasteiger partial charge in [-0.15, -0.1) is 0 Å². The van der Waals surface area contributed by atoms with Gasteiger partial charge in [-0.05, 0) is 50.5 Å². The van der Waals surface area contributed by atoms with E-state index in [9.17, 15) is 29.4 Å². The lowest BCUT2D eigenvalue weighted by molar-refractivity contribution is -0.256. The third kappa shape index (κ3) is 15.0. The highest BCUT2D eigenvalue weighted by atomic mass is 17.2. The first-order chi connectivity index (χ1) is 25.6. The average molecular weight is 762 g/mol. The van der Waals surface area contributed by atoms with Crippen LogP contribution >= 0.6 is 0 Å². The predicted molar refractivity (Wildman–Crippen MR) is 205 cm³/mol. The molecule has 1 heterocycles. The van der Waals surface area contributed by atoms with Crippen LogP contribution in [0.2, 0.25) is 0 Å². The molecule has 0 radical (unpaired) electrons. The minimum Gasteiger partial charge on any atom is -0.444 e. The minimum absolute atomic E-state index is 0.166. The van der Waals surface area contributed by atoms with Gasteiger partial charge in [-0.25, -0.2) is 9.59 Å². The molecule has 14 heteroatoms. The van der Waals surface area contributed by atoms with Crippen molar-refractivity contribution in [2.75, 3.05) is 39.3 Å². The zero-order valence-electron chi connectivity index (χ0n) is 33.6. The molecule has 3 rings (SSSR count). The van der Waals surface area contributed by atoms with E-state index in [-0.39, 0.29) is 24.3 Å². The van der Waals surface area contributed by atoms with Gasteiger partial charge in [-0.2, -0.15) is 4.89 Å². The summed E-state index contributed by atoms with van der Waals surface area (Å²) in [5.41, 5.74) is 0.143. The quantitative estimate of drug-likeness (QED) is 0.107. The maximum Gasteiger partial charge on any atom is 0.441 e. The molecular weight excluding hydrogens is 694 g/mol. The van der Waals surface area contributed by atoms with Crippen LogP contribution in [0.15, 0.2) is 30.3 Å². The Morgan fingerprint density at radius 2 is 1.54 bits per heavy atom. The predicted octanol–water partition coefficient (Wildman–Crippen LogP) is 4.38. The van der Waals surface area contributed by atoms with Crippen LogP contribution < -0.4 is 16.0 Å². The maximum absolute atomic E-state index is 13.9. The number of piperazine rings is 1. The van der Waals surface area contributed by atoms with Gasteiger partial charge < -0.3 is 35.8 Å². The summed E-state index contributed by atoms with van der Waals surface area (Å²) in [4.78, 5) is 66.5. The molecule has 306 valence electrons. The zero-order valence-corrected chi connectivity index (χ0v) is 33.6. The Morgan fingerprint density at radius 1 is 0.889 bits per heavy atom. The highest BCUT2D eigenvalue weighted by Crippen LogP contribution is 2.30. The van der Waals surface area contributed by atoms with E-state index in [0.29, 0.717) is 52.1 Å². The first kappa shape index (κ1) is 44.9. The summed E-state index contributed by atoms with van der Waals surface area (Å²) in [6.45, 7) is 15.8. The summed E-state index contributed by atoms with van der Waals surface area (Å²) < 4.78 is 5.48. The van der Waals surface area contributed by atoms with Crippen molar-refractivity contribution in [3.05, 3.63) is 35.9 Å². The fourth-order valence-electron chi connectivity index (χ4n) is 7.15. The van der Waals surface area contributed by atoms with Gasteiger partial charge in [-0.3, -0.25) is 19.4 Å². The Labute approximate surface area is 322 Å². The lowest BCUT2D eigenvalue weighted by Gasteiger charge is -2.36. The van der Waals surface area contributed by atoms with Crippen LogP contribution in [0.1, 0.15) is 99.0 Å². The summed E-state index contributed by atoms with van der Waals surface area (Å²) in [6, 6.07) is 7.73. The first-order valence-corrected chi connectivity index (χ1v) is 19.9. The number of nitrogens with one attached hydrogen (secondary N) is 3. The van der Waals surface area contributed by atoms with Crippen molar-refractivity contribution >= 4 is 24.0 Å². The second-order valence-electron chi connectivity index (χ2n) is 16.3. The summed E-state index contributed by atoms with van der Waals surface area (Å²) in [6.07, 6.45) is 2.08. The number of benzene rings is 1. The van der Waals surface area contributed by atoms with Gasteiger partial charge in [-0.1, -0.05) is 96.6 Å². The minimum atomic E-state index is -1.51. The zero-order chi connectivity index (χ0) is 39.8. The molecule has 6 atom stereocenters. The number of hydrogen-bond donors (Lipinski definition) is 5. The molecule has 1 aromatic carbocycles. The standard InChI is InChI=1S/C40H67N5O9/c1-8-28(4)33(37(49)41-19-20-44-21-23-45(24-22-44)39(51)54-52-26-30-17-13-10-14-18-30)43-36(48)32(27(2)3)35(47)34(46)31(25-29-15-11-9-12-16-29)42-38(50)53-40(5,6)7/h10,13-14,17-18,27-29,31-35,46-47H,8-9,11-12,15-16,19-26H2,1-7H3,(H,41,49)(H,42,50)(H,43,48)/t28-,31-,32+,33-,34+,35+/m0/s1. The maximum atomic E-state index is 13.9. The Hall–Kier alpha value is -3.46. The number of carbonyl (C=O) groups excluding carboxylic acids is 4. The molecule has 54 heavy (non-hydrogen) atoms. The van der Waals surface area contributed by atoms with Crippen molar-refractivity contribution in [2.24, 2.45) is 23.7 Å². The largest absolute Gasteiger partial charge is 0.444 e. The van der Waals surface area contributed by atoms with Gasteiger partial charge in [0.1, 0.15) is 24.4 Å². The van der Waals surface area contributed by atoms with Crippen LogP contribution in [0.3, 0.4) is 0 Å². The van der Waals surface area contributed by atoms with E-state index in [2.05, 4.69) is 20.9 Å². The first-order valence-electron chi connectivity index (χ1n) is 19.9. The Balaban J connectivity index is 1.54. The van der Waals surface area contributed by atoms with Crippen LogP contribution in [-0.2, 0) is 30.7 Å². The number of carbonyl (C=O) groups is 4. The van der Waals surface area contributed by atoms with Crippen LogP contribution in [0.25, 0.3) is 0 Å². The van der Waals surface area contributed by atoms with Gasteiger partial charge in [0, 0.05) is 39.3 Å². The second-order valence-corrected chi connectivity index (χ2v) is 16.3. The summed E-state index contributed by atoms with van der Waals surface area (Å²) >= 11 is 0. The molecule has 14 nitrogen and oxygen atoms in total. The van der Waals surface area contributed by atoms with E-state index in [1.807, 2.05) is 44.2 Å². The van der Waals surface area contributed by atoms with E-state index >= 15 is 0 Å².